The lowest BCUT2D eigenvalue weighted by molar-refractivity contribution is 0.112. The minimum atomic E-state index is 0.372. The lowest BCUT2D eigenvalue weighted by Crippen LogP contribution is -1.97. The summed E-state index contributed by atoms with van der Waals surface area (Å²) in [5.41, 5.74) is 3.07. The van der Waals surface area contributed by atoms with Crippen LogP contribution in [0.3, 0.4) is 0 Å². The number of carbonyl (C=O) groups excluding carboxylic acids is 1. The zero-order valence-corrected chi connectivity index (χ0v) is 18.0. The second kappa shape index (κ2) is 8.01. The van der Waals surface area contributed by atoms with E-state index in [4.69, 9.17) is 27.9 Å². The molecule has 3 heterocycles. The second-order valence-electron chi connectivity index (χ2n) is 5.89. The highest BCUT2D eigenvalue weighted by atomic mass is 35.5. The number of aldehydes is 1. The fourth-order valence-electron chi connectivity index (χ4n) is 2.85. The normalized spacial score (nSPS) is 10.7. The van der Waals surface area contributed by atoms with Crippen LogP contribution < -0.4 is 10.1 Å². The fourth-order valence-corrected chi connectivity index (χ4v) is 5.29. The van der Waals surface area contributed by atoms with Gasteiger partial charge in [0.15, 0.2) is 6.29 Å². The third-order valence-corrected chi connectivity index (χ3v) is 6.86. The number of ether oxygens (including phenoxy) is 1. The van der Waals surface area contributed by atoms with Gasteiger partial charge in [-0.3, -0.25) is 9.78 Å². The number of benzene rings is 1. The maximum absolute atomic E-state index is 11.3. The number of nitrogens with one attached hydrogen (secondary N) is 1. The van der Waals surface area contributed by atoms with Gasteiger partial charge in [-0.05, 0) is 23.6 Å². The minimum Gasteiger partial charge on any atom is -0.495 e. The van der Waals surface area contributed by atoms with Gasteiger partial charge in [-0.1, -0.05) is 23.2 Å². The number of nitrogens with zero attached hydrogens (tertiary/aromatic N) is 2. The van der Waals surface area contributed by atoms with Gasteiger partial charge in [0.1, 0.15) is 11.8 Å². The summed E-state index contributed by atoms with van der Waals surface area (Å²) in [6.45, 7) is 0. The van der Waals surface area contributed by atoms with Crippen molar-refractivity contribution in [3.8, 4) is 22.3 Å². The molecule has 5 nitrogen and oxygen atoms in total. The van der Waals surface area contributed by atoms with Crippen molar-refractivity contribution >= 4 is 73.8 Å². The maximum atomic E-state index is 11.3. The number of methoxy groups -OCH3 is 1. The average molecular weight is 460 g/mol. The molecule has 1 aromatic carbocycles. The second-order valence-corrected chi connectivity index (χ2v) is 8.71. The number of halogens is 2. The molecule has 4 aromatic rings. The highest BCUT2D eigenvalue weighted by molar-refractivity contribution is 7.23. The van der Waals surface area contributed by atoms with Crippen LogP contribution >= 0.6 is 45.9 Å². The number of pyridine rings is 1. The van der Waals surface area contributed by atoms with Crippen molar-refractivity contribution in [1.29, 1.82) is 5.26 Å². The Labute approximate surface area is 184 Å². The molecule has 4 rings (SSSR count). The predicted molar refractivity (Wildman–Crippen MR) is 119 cm³/mol. The van der Waals surface area contributed by atoms with E-state index >= 15 is 0 Å². The van der Waals surface area contributed by atoms with Crippen molar-refractivity contribution in [3.05, 3.63) is 56.3 Å². The van der Waals surface area contributed by atoms with Gasteiger partial charge >= 0.3 is 0 Å². The van der Waals surface area contributed by atoms with E-state index in [1.54, 1.807) is 12.1 Å². The summed E-state index contributed by atoms with van der Waals surface area (Å²) in [7, 11) is 1.52. The van der Waals surface area contributed by atoms with Crippen LogP contribution in [0.15, 0.2) is 35.8 Å². The zero-order chi connectivity index (χ0) is 20.5. The third kappa shape index (κ3) is 3.56. The molecule has 9 heteroatoms. The molecule has 0 amide bonds. The summed E-state index contributed by atoms with van der Waals surface area (Å²) < 4.78 is 6.05. The van der Waals surface area contributed by atoms with Gasteiger partial charge in [0.05, 0.1) is 49.2 Å². The van der Waals surface area contributed by atoms with Crippen molar-refractivity contribution in [2.24, 2.45) is 0 Å². The van der Waals surface area contributed by atoms with E-state index in [1.807, 2.05) is 17.5 Å². The minimum absolute atomic E-state index is 0.372. The Morgan fingerprint density at radius 2 is 2.10 bits per heavy atom. The largest absolute Gasteiger partial charge is 0.495 e. The standard InChI is InChI=1S/C20H11Cl2N3O2S2/c1-27-16-5-14(12(21)4-13(16)22)25-19-10(7-23)8-24-15-6-17(29-20(15)19)11-2-3-28-18(11)9-26/h2-6,8-9H,1H3,(H,24,25). The van der Waals surface area contributed by atoms with Crippen LogP contribution in [0.1, 0.15) is 15.2 Å². The average Bonchev–Trinajstić information content (AvgIpc) is 3.36. The van der Waals surface area contributed by atoms with Crippen molar-refractivity contribution in [3.63, 3.8) is 0 Å². The van der Waals surface area contributed by atoms with Crippen LogP contribution in [0.2, 0.25) is 10.0 Å². The molecular formula is C20H11Cl2N3O2S2. The van der Waals surface area contributed by atoms with Crippen molar-refractivity contribution in [2.75, 3.05) is 12.4 Å². The van der Waals surface area contributed by atoms with Crippen molar-refractivity contribution in [1.82, 2.24) is 4.98 Å². The smallest absolute Gasteiger partial charge is 0.160 e. The maximum Gasteiger partial charge on any atom is 0.160 e. The van der Waals surface area contributed by atoms with Gasteiger partial charge < -0.3 is 10.1 Å². The van der Waals surface area contributed by atoms with Crippen LogP contribution in [0, 0.1) is 11.3 Å². The number of hydrogen-bond acceptors (Lipinski definition) is 7. The first kappa shape index (κ1) is 19.7. The Kier molecular flexibility index (Phi) is 5.43. The van der Waals surface area contributed by atoms with Gasteiger partial charge in [-0.15, -0.1) is 22.7 Å². The van der Waals surface area contributed by atoms with E-state index in [2.05, 4.69) is 16.4 Å². The van der Waals surface area contributed by atoms with Crippen LogP contribution in [0.4, 0.5) is 11.4 Å². The Bertz CT molecular complexity index is 1290. The summed E-state index contributed by atoms with van der Waals surface area (Å²) in [6.07, 6.45) is 2.36. The number of anilines is 2. The van der Waals surface area contributed by atoms with Crippen molar-refractivity contribution < 1.29 is 9.53 Å². The van der Waals surface area contributed by atoms with Gasteiger partial charge in [-0.2, -0.15) is 5.26 Å². The molecule has 0 atom stereocenters. The lowest BCUT2D eigenvalue weighted by Gasteiger charge is -2.13. The SMILES string of the molecule is COc1cc(Nc2c(C#N)cnc3cc(-c4ccsc4C=O)sc23)c(Cl)cc1Cl. The molecule has 1 N–H and O–H groups in total. The van der Waals surface area contributed by atoms with Crippen LogP contribution in [-0.4, -0.2) is 18.4 Å². The number of fused-ring (bicyclic) bond motifs is 1. The van der Waals surface area contributed by atoms with E-state index in [0.717, 1.165) is 21.4 Å². The van der Waals surface area contributed by atoms with E-state index in [-0.39, 0.29) is 0 Å². The molecule has 144 valence electrons. The number of aromatic nitrogens is 1. The molecule has 0 bridgehead atoms. The molecule has 0 radical (unpaired) electrons. The first-order valence-electron chi connectivity index (χ1n) is 8.21. The number of nitriles is 1. The molecule has 0 spiro atoms. The van der Waals surface area contributed by atoms with Crippen LogP contribution in [0.5, 0.6) is 5.75 Å². The molecule has 0 aliphatic heterocycles. The van der Waals surface area contributed by atoms with Gasteiger partial charge in [0.2, 0.25) is 0 Å². The highest BCUT2D eigenvalue weighted by Gasteiger charge is 2.17. The first-order valence-corrected chi connectivity index (χ1v) is 10.7. The number of hydrogen-bond donors (Lipinski definition) is 1. The van der Waals surface area contributed by atoms with E-state index in [9.17, 15) is 10.1 Å². The quantitative estimate of drug-likeness (QED) is 0.333. The highest BCUT2D eigenvalue weighted by Crippen LogP contribution is 2.42. The number of rotatable bonds is 5. The topological polar surface area (TPSA) is 75.0 Å². The van der Waals surface area contributed by atoms with E-state index in [1.165, 1.54) is 36.0 Å². The van der Waals surface area contributed by atoms with E-state index < -0.39 is 0 Å². The molecule has 0 fully saturated rings. The first-order chi connectivity index (χ1) is 14.0. The Balaban J connectivity index is 1.88. The molecule has 0 unspecified atom stereocenters. The Hall–Kier alpha value is -2.63. The van der Waals surface area contributed by atoms with Crippen LogP contribution in [-0.2, 0) is 0 Å². The summed E-state index contributed by atoms with van der Waals surface area (Å²) in [6, 6.07) is 9.23. The van der Waals surface area contributed by atoms with E-state index in [0.29, 0.717) is 43.1 Å². The molecule has 0 aliphatic rings. The van der Waals surface area contributed by atoms with Crippen molar-refractivity contribution in [2.45, 2.75) is 0 Å². The molecule has 0 saturated heterocycles. The monoisotopic (exact) mass is 459 g/mol. The van der Waals surface area contributed by atoms with Gasteiger partial charge in [0.25, 0.3) is 0 Å². The predicted octanol–water partition coefficient (Wildman–Crippen LogP) is 6.77. The summed E-state index contributed by atoms with van der Waals surface area (Å²) in [5.74, 6) is 0.461. The lowest BCUT2D eigenvalue weighted by atomic mass is 10.2. The van der Waals surface area contributed by atoms with Gasteiger partial charge in [-0.25, -0.2) is 0 Å². The molecule has 0 aliphatic carbocycles. The fraction of sp³-hybridized carbons (Fsp3) is 0.0500. The zero-order valence-electron chi connectivity index (χ0n) is 14.8. The Morgan fingerprint density at radius 3 is 2.83 bits per heavy atom. The number of carbonyl (C=O) groups is 1. The van der Waals surface area contributed by atoms with Gasteiger partial charge in [0, 0.05) is 22.7 Å². The summed E-state index contributed by atoms with van der Waals surface area (Å²) in [5, 5.41) is 15.5. The summed E-state index contributed by atoms with van der Waals surface area (Å²) >= 11 is 15.3. The molecular weight excluding hydrogens is 449 g/mol. The number of thiophene rings is 2. The summed E-state index contributed by atoms with van der Waals surface area (Å²) in [4.78, 5) is 17.3. The Morgan fingerprint density at radius 1 is 1.28 bits per heavy atom. The molecule has 0 saturated carbocycles. The van der Waals surface area contributed by atoms with Crippen LogP contribution in [0.25, 0.3) is 20.7 Å². The molecule has 29 heavy (non-hydrogen) atoms. The molecule has 3 aromatic heterocycles. The third-order valence-electron chi connectivity index (χ3n) is 4.23.